The van der Waals surface area contributed by atoms with Gasteiger partial charge in [0.1, 0.15) is 0 Å². The number of nitrogens with one attached hydrogen (secondary N) is 1. The van der Waals surface area contributed by atoms with Gasteiger partial charge in [0.05, 0.1) is 0 Å². The van der Waals surface area contributed by atoms with Gasteiger partial charge in [0.25, 0.3) is 0 Å². The summed E-state index contributed by atoms with van der Waals surface area (Å²) in [6.07, 6.45) is 1.10. The van der Waals surface area contributed by atoms with Gasteiger partial charge in [-0.2, -0.15) is 0 Å². The predicted molar refractivity (Wildman–Crippen MR) is 55.3 cm³/mol. The summed E-state index contributed by atoms with van der Waals surface area (Å²) >= 11 is 0. The lowest BCUT2D eigenvalue weighted by atomic mass is 10.2. The molecule has 1 aliphatic rings. The number of nitrogens with zero attached hydrogens (tertiary/aromatic N) is 2. The first-order valence-electron chi connectivity index (χ1n) is 5.16. The Morgan fingerprint density at radius 1 is 1.31 bits per heavy atom. The van der Waals surface area contributed by atoms with Crippen LogP contribution in [0.3, 0.4) is 0 Å². The summed E-state index contributed by atoms with van der Waals surface area (Å²) in [5.41, 5.74) is 9.09. The third kappa shape index (κ3) is 3.60. The molecule has 1 heterocycles. The van der Waals surface area contributed by atoms with Crippen LogP contribution in [0.5, 0.6) is 0 Å². The van der Waals surface area contributed by atoms with Gasteiger partial charge in [0, 0.05) is 38.8 Å². The molecule has 0 spiro atoms. The Labute approximate surface area is 81.0 Å². The topological polar surface area (TPSA) is 44.5 Å². The molecule has 0 saturated carbocycles. The number of rotatable bonds is 4. The van der Waals surface area contributed by atoms with Gasteiger partial charge in [-0.05, 0) is 13.5 Å². The first-order valence-corrected chi connectivity index (χ1v) is 5.16. The van der Waals surface area contributed by atoms with Crippen molar-refractivity contribution in [3.63, 3.8) is 0 Å². The Morgan fingerprint density at radius 3 is 2.38 bits per heavy atom. The third-order valence-electron chi connectivity index (χ3n) is 2.65. The minimum absolute atomic E-state index is 0.448. The molecule has 1 fully saturated rings. The maximum atomic E-state index is 5.63. The Morgan fingerprint density at radius 2 is 1.92 bits per heavy atom. The van der Waals surface area contributed by atoms with Gasteiger partial charge in [-0.25, -0.2) is 5.01 Å². The van der Waals surface area contributed by atoms with Crippen LogP contribution in [-0.2, 0) is 0 Å². The highest BCUT2D eigenvalue weighted by molar-refractivity contribution is 4.70. The van der Waals surface area contributed by atoms with Crippen LogP contribution in [0.15, 0.2) is 0 Å². The second-order valence-corrected chi connectivity index (χ2v) is 3.76. The van der Waals surface area contributed by atoms with Gasteiger partial charge in [-0.1, -0.05) is 6.92 Å². The van der Waals surface area contributed by atoms with Crippen molar-refractivity contribution in [2.24, 2.45) is 5.73 Å². The molecule has 4 heteroatoms. The fourth-order valence-corrected chi connectivity index (χ4v) is 1.50. The Kier molecular flexibility index (Phi) is 4.66. The smallest absolute Gasteiger partial charge is 0.0335 e. The third-order valence-corrected chi connectivity index (χ3v) is 2.65. The molecule has 0 aliphatic carbocycles. The molecule has 0 radical (unpaired) electrons. The SMILES string of the molecule is CCC(CN)NN1CCN(C)CC1. The van der Waals surface area contributed by atoms with Crippen LogP contribution < -0.4 is 11.2 Å². The molecule has 1 atom stereocenters. The van der Waals surface area contributed by atoms with Crippen LogP contribution in [0.1, 0.15) is 13.3 Å². The van der Waals surface area contributed by atoms with Crippen LogP contribution in [0.4, 0.5) is 0 Å². The molecule has 3 N–H and O–H groups in total. The van der Waals surface area contributed by atoms with E-state index in [1.807, 2.05) is 0 Å². The van der Waals surface area contributed by atoms with E-state index < -0.39 is 0 Å². The molecule has 0 aromatic carbocycles. The van der Waals surface area contributed by atoms with Crippen molar-refractivity contribution < 1.29 is 0 Å². The van der Waals surface area contributed by atoms with E-state index in [2.05, 4.69) is 29.3 Å². The van der Waals surface area contributed by atoms with Crippen molar-refractivity contribution in [2.75, 3.05) is 39.8 Å². The molecule has 1 rings (SSSR count). The molecule has 1 aliphatic heterocycles. The van der Waals surface area contributed by atoms with Gasteiger partial charge >= 0.3 is 0 Å². The maximum absolute atomic E-state index is 5.63. The van der Waals surface area contributed by atoms with Crippen LogP contribution in [0, 0.1) is 0 Å². The standard InChI is InChI=1S/C9H22N4/c1-3-9(8-10)11-13-6-4-12(2)5-7-13/h9,11H,3-8,10H2,1-2H3. The van der Waals surface area contributed by atoms with E-state index in [-0.39, 0.29) is 0 Å². The summed E-state index contributed by atoms with van der Waals surface area (Å²) in [6.45, 7) is 7.39. The predicted octanol–water partition coefficient (Wildman–Crippen LogP) is -0.524. The van der Waals surface area contributed by atoms with E-state index in [0.29, 0.717) is 6.04 Å². The van der Waals surface area contributed by atoms with Gasteiger partial charge in [-0.15, -0.1) is 0 Å². The van der Waals surface area contributed by atoms with E-state index in [0.717, 1.165) is 39.1 Å². The van der Waals surface area contributed by atoms with Crippen molar-refractivity contribution in [1.82, 2.24) is 15.3 Å². The maximum Gasteiger partial charge on any atom is 0.0335 e. The van der Waals surface area contributed by atoms with E-state index in [9.17, 15) is 0 Å². The summed E-state index contributed by atoms with van der Waals surface area (Å²) in [7, 11) is 2.16. The quantitative estimate of drug-likeness (QED) is 0.620. The average Bonchev–Trinajstić information content (AvgIpc) is 2.17. The lowest BCUT2D eigenvalue weighted by Crippen LogP contribution is -2.55. The summed E-state index contributed by atoms with van der Waals surface area (Å²) < 4.78 is 0. The lowest BCUT2D eigenvalue weighted by Gasteiger charge is -2.34. The second-order valence-electron chi connectivity index (χ2n) is 3.76. The van der Waals surface area contributed by atoms with Crippen molar-refractivity contribution in [1.29, 1.82) is 0 Å². The first kappa shape index (κ1) is 10.9. The number of nitrogens with two attached hydrogens (primary N) is 1. The summed E-state index contributed by atoms with van der Waals surface area (Å²) in [5, 5.41) is 2.29. The van der Waals surface area contributed by atoms with Gasteiger partial charge in [0.15, 0.2) is 0 Å². The normalized spacial score (nSPS) is 23.3. The molecule has 4 nitrogen and oxygen atoms in total. The summed E-state index contributed by atoms with van der Waals surface area (Å²) in [6, 6.07) is 0.448. The van der Waals surface area contributed by atoms with Crippen LogP contribution in [0.25, 0.3) is 0 Å². The van der Waals surface area contributed by atoms with Crippen molar-refractivity contribution in [3.8, 4) is 0 Å². The Hall–Kier alpha value is -0.160. The number of hydrazine groups is 1. The van der Waals surface area contributed by atoms with E-state index in [4.69, 9.17) is 5.73 Å². The largest absolute Gasteiger partial charge is 0.329 e. The lowest BCUT2D eigenvalue weighted by molar-refractivity contribution is 0.0873. The summed E-state index contributed by atoms with van der Waals surface area (Å²) in [5.74, 6) is 0. The zero-order valence-electron chi connectivity index (χ0n) is 8.79. The highest BCUT2D eigenvalue weighted by Gasteiger charge is 2.15. The van der Waals surface area contributed by atoms with Crippen molar-refractivity contribution in [3.05, 3.63) is 0 Å². The highest BCUT2D eigenvalue weighted by atomic mass is 15.5. The first-order chi connectivity index (χ1) is 6.26. The van der Waals surface area contributed by atoms with Crippen molar-refractivity contribution >= 4 is 0 Å². The summed E-state index contributed by atoms with van der Waals surface area (Å²) in [4.78, 5) is 2.35. The molecule has 1 saturated heterocycles. The van der Waals surface area contributed by atoms with E-state index in [1.54, 1.807) is 0 Å². The number of likely N-dealkylation sites (N-methyl/N-ethyl adjacent to an activating group) is 1. The van der Waals surface area contributed by atoms with Crippen LogP contribution in [-0.4, -0.2) is 55.7 Å². The van der Waals surface area contributed by atoms with Crippen LogP contribution >= 0.6 is 0 Å². The zero-order valence-corrected chi connectivity index (χ0v) is 8.79. The number of hydrogen-bond donors (Lipinski definition) is 2. The molecule has 0 aromatic rings. The molecule has 0 aromatic heterocycles. The van der Waals surface area contributed by atoms with E-state index in [1.165, 1.54) is 0 Å². The molecule has 0 amide bonds. The van der Waals surface area contributed by atoms with Gasteiger partial charge < -0.3 is 10.6 Å². The Balaban J connectivity index is 2.21. The number of hydrogen-bond acceptors (Lipinski definition) is 4. The second kappa shape index (κ2) is 5.54. The minimum atomic E-state index is 0.448. The molecule has 1 unspecified atom stereocenters. The molecular formula is C9H22N4. The van der Waals surface area contributed by atoms with Crippen LogP contribution in [0.2, 0.25) is 0 Å². The zero-order chi connectivity index (χ0) is 9.68. The Bertz CT molecular complexity index is 128. The van der Waals surface area contributed by atoms with Gasteiger partial charge in [0.2, 0.25) is 0 Å². The monoisotopic (exact) mass is 186 g/mol. The molecule has 0 bridgehead atoms. The fraction of sp³-hybridized carbons (Fsp3) is 1.00. The molecule has 13 heavy (non-hydrogen) atoms. The molecule has 78 valence electrons. The van der Waals surface area contributed by atoms with E-state index >= 15 is 0 Å². The average molecular weight is 186 g/mol. The molecular weight excluding hydrogens is 164 g/mol. The highest BCUT2D eigenvalue weighted by Crippen LogP contribution is 1.98. The number of piperazine rings is 1. The van der Waals surface area contributed by atoms with Gasteiger partial charge in [-0.3, -0.25) is 5.43 Å². The van der Waals surface area contributed by atoms with Crippen molar-refractivity contribution in [2.45, 2.75) is 19.4 Å². The minimum Gasteiger partial charge on any atom is -0.329 e. The fourth-order valence-electron chi connectivity index (χ4n) is 1.50.